The molecule has 9 heavy (non-hydrogen) atoms. The Labute approximate surface area is 52.0 Å². The van der Waals surface area contributed by atoms with Crippen LogP contribution in [-0.4, -0.2) is 22.5 Å². The standard InChI is InChI=1S/C4H9NO4/c5-9-4(8)2-1-3(6)7/h3,6-7H,1-2,5H2. The van der Waals surface area contributed by atoms with Crippen LogP contribution in [0, 0.1) is 0 Å². The molecule has 0 aromatic heterocycles. The van der Waals surface area contributed by atoms with Crippen molar-refractivity contribution in [3.63, 3.8) is 0 Å². The smallest absolute Gasteiger partial charge is 0.324 e. The lowest BCUT2D eigenvalue weighted by Crippen LogP contribution is -2.13. The Kier molecular flexibility index (Phi) is 3.94. The van der Waals surface area contributed by atoms with Crippen molar-refractivity contribution in [2.75, 3.05) is 0 Å². The van der Waals surface area contributed by atoms with E-state index in [0.29, 0.717) is 0 Å². The second-order valence-corrected chi connectivity index (χ2v) is 1.51. The Morgan fingerprint density at radius 1 is 1.67 bits per heavy atom. The fraction of sp³-hybridized carbons (Fsp3) is 0.750. The van der Waals surface area contributed by atoms with Crippen molar-refractivity contribution in [1.82, 2.24) is 0 Å². The average molecular weight is 135 g/mol. The first-order valence-corrected chi connectivity index (χ1v) is 2.42. The van der Waals surface area contributed by atoms with Crippen LogP contribution in [0.4, 0.5) is 0 Å². The van der Waals surface area contributed by atoms with Gasteiger partial charge in [-0.1, -0.05) is 0 Å². The number of hydrogen-bond acceptors (Lipinski definition) is 5. The molecule has 0 unspecified atom stereocenters. The zero-order valence-corrected chi connectivity index (χ0v) is 4.78. The van der Waals surface area contributed by atoms with Crippen molar-refractivity contribution in [2.45, 2.75) is 19.1 Å². The molecule has 0 saturated heterocycles. The van der Waals surface area contributed by atoms with Crippen molar-refractivity contribution < 1.29 is 19.8 Å². The highest BCUT2D eigenvalue weighted by atomic mass is 16.7. The number of carbonyl (C=O) groups is 1. The molecule has 0 aliphatic heterocycles. The van der Waals surface area contributed by atoms with Crippen LogP contribution >= 0.6 is 0 Å². The quantitative estimate of drug-likeness (QED) is 0.323. The molecular weight excluding hydrogens is 126 g/mol. The summed E-state index contributed by atoms with van der Waals surface area (Å²) >= 11 is 0. The first kappa shape index (κ1) is 8.35. The van der Waals surface area contributed by atoms with E-state index in [9.17, 15) is 4.79 Å². The van der Waals surface area contributed by atoms with Gasteiger partial charge in [0.15, 0.2) is 6.29 Å². The van der Waals surface area contributed by atoms with E-state index in [2.05, 4.69) is 10.7 Å². The number of nitrogens with two attached hydrogens (primary N) is 1. The summed E-state index contributed by atoms with van der Waals surface area (Å²) in [5, 5.41) is 16.4. The van der Waals surface area contributed by atoms with Gasteiger partial charge in [-0.15, -0.1) is 0 Å². The topological polar surface area (TPSA) is 92.8 Å². The minimum atomic E-state index is -1.47. The third-order valence-electron chi connectivity index (χ3n) is 0.738. The molecule has 0 atom stereocenters. The van der Waals surface area contributed by atoms with Gasteiger partial charge in [-0.2, -0.15) is 5.90 Å². The van der Waals surface area contributed by atoms with E-state index >= 15 is 0 Å². The normalized spacial score (nSPS) is 9.78. The molecule has 0 aromatic carbocycles. The second-order valence-electron chi connectivity index (χ2n) is 1.51. The van der Waals surface area contributed by atoms with Crippen LogP contribution in [0.3, 0.4) is 0 Å². The molecule has 0 spiro atoms. The summed E-state index contributed by atoms with van der Waals surface area (Å²) in [5.74, 6) is 3.80. The van der Waals surface area contributed by atoms with Gasteiger partial charge in [0.05, 0.1) is 6.42 Å². The van der Waals surface area contributed by atoms with Gasteiger partial charge in [0.25, 0.3) is 0 Å². The zero-order valence-electron chi connectivity index (χ0n) is 4.78. The molecule has 0 fully saturated rings. The zero-order chi connectivity index (χ0) is 7.28. The van der Waals surface area contributed by atoms with Crippen molar-refractivity contribution in [3.05, 3.63) is 0 Å². The van der Waals surface area contributed by atoms with Crippen molar-refractivity contribution in [3.8, 4) is 0 Å². The highest BCUT2D eigenvalue weighted by molar-refractivity contribution is 5.68. The number of aliphatic hydroxyl groups is 2. The largest absolute Gasteiger partial charge is 0.373 e. The highest BCUT2D eigenvalue weighted by Gasteiger charge is 2.03. The molecule has 5 nitrogen and oxygen atoms in total. The summed E-state index contributed by atoms with van der Waals surface area (Å²) in [6.07, 6.45) is -1.59. The predicted octanol–water partition coefficient (Wildman–Crippen LogP) is -1.51. The molecule has 0 radical (unpaired) electrons. The summed E-state index contributed by atoms with van der Waals surface area (Å²) in [6.45, 7) is 0. The summed E-state index contributed by atoms with van der Waals surface area (Å²) in [7, 11) is 0. The molecule has 54 valence electrons. The first-order valence-electron chi connectivity index (χ1n) is 2.42. The first-order chi connectivity index (χ1) is 4.16. The molecule has 0 amide bonds. The third-order valence-corrected chi connectivity index (χ3v) is 0.738. The molecule has 0 aliphatic rings. The van der Waals surface area contributed by atoms with Gasteiger partial charge >= 0.3 is 5.97 Å². The van der Waals surface area contributed by atoms with Crippen LogP contribution in [0.2, 0.25) is 0 Å². The Bertz CT molecular complexity index is 92.6. The lowest BCUT2D eigenvalue weighted by Gasteiger charge is -1.99. The van der Waals surface area contributed by atoms with Crippen LogP contribution in [0.1, 0.15) is 12.8 Å². The van der Waals surface area contributed by atoms with Gasteiger partial charge in [0.1, 0.15) is 0 Å². The van der Waals surface area contributed by atoms with Gasteiger partial charge in [-0.25, -0.2) is 0 Å². The number of aliphatic hydroxyl groups excluding tert-OH is 1. The van der Waals surface area contributed by atoms with Gasteiger partial charge < -0.3 is 15.1 Å². The third kappa shape index (κ3) is 5.22. The Morgan fingerprint density at radius 3 is 2.56 bits per heavy atom. The lowest BCUT2D eigenvalue weighted by molar-refractivity contribution is -0.146. The van der Waals surface area contributed by atoms with E-state index in [1.807, 2.05) is 0 Å². The molecule has 5 heteroatoms. The van der Waals surface area contributed by atoms with E-state index < -0.39 is 12.3 Å². The molecule has 4 N–H and O–H groups in total. The SMILES string of the molecule is NOC(=O)CCC(O)O. The predicted molar refractivity (Wildman–Crippen MR) is 27.7 cm³/mol. The van der Waals surface area contributed by atoms with Gasteiger partial charge in [-0.05, 0) is 0 Å². The summed E-state index contributed by atoms with van der Waals surface area (Å²) < 4.78 is 0. The van der Waals surface area contributed by atoms with E-state index in [0.717, 1.165) is 0 Å². The van der Waals surface area contributed by atoms with Gasteiger partial charge in [-0.3, -0.25) is 4.79 Å². The average Bonchev–Trinajstić information content (AvgIpc) is 1.83. The summed E-state index contributed by atoms with van der Waals surface area (Å²) in [5.41, 5.74) is 0. The fourth-order valence-electron chi connectivity index (χ4n) is 0.306. The molecule has 0 bridgehead atoms. The minimum absolute atomic E-state index is 0.0456. The van der Waals surface area contributed by atoms with Crippen LogP contribution < -0.4 is 5.90 Å². The lowest BCUT2D eigenvalue weighted by atomic mass is 10.3. The van der Waals surface area contributed by atoms with Crippen molar-refractivity contribution in [2.24, 2.45) is 5.90 Å². The van der Waals surface area contributed by atoms with E-state index in [-0.39, 0.29) is 12.8 Å². The minimum Gasteiger partial charge on any atom is -0.373 e. The summed E-state index contributed by atoms with van der Waals surface area (Å²) in [6, 6.07) is 0. The van der Waals surface area contributed by atoms with Gasteiger partial charge in [0, 0.05) is 6.42 Å². The van der Waals surface area contributed by atoms with Crippen LogP contribution in [0.15, 0.2) is 0 Å². The Hall–Kier alpha value is -0.650. The molecule has 0 saturated carbocycles. The van der Waals surface area contributed by atoms with Crippen LogP contribution in [0.25, 0.3) is 0 Å². The van der Waals surface area contributed by atoms with Crippen molar-refractivity contribution in [1.29, 1.82) is 0 Å². The number of hydrogen-bond donors (Lipinski definition) is 3. The molecule has 0 heterocycles. The van der Waals surface area contributed by atoms with Crippen LogP contribution in [-0.2, 0) is 9.63 Å². The molecule has 0 aliphatic carbocycles. The Balaban J connectivity index is 3.17. The monoisotopic (exact) mass is 135 g/mol. The maximum Gasteiger partial charge on any atom is 0.324 e. The van der Waals surface area contributed by atoms with Gasteiger partial charge in [0.2, 0.25) is 0 Å². The Morgan fingerprint density at radius 2 is 2.22 bits per heavy atom. The molecule has 0 aromatic rings. The maximum absolute atomic E-state index is 10.1. The van der Waals surface area contributed by atoms with E-state index in [1.54, 1.807) is 0 Å². The number of carbonyl (C=O) groups excluding carboxylic acids is 1. The number of rotatable bonds is 3. The van der Waals surface area contributed by atoms with Crippen molar-refractivity contribution >= 4 is 5.97 Å². The van der Waals surface area contributed by atoms with Crippen LogP contribution in [0.5, 0.6) is 0 Å². The second kappa shape index (κ2) is 4.25. The fourth-order valence-corrected chi connectivity index (χ4v) is 0.306. The van der Waals surface area contributed by atoms with E-state index in [1.165, 1.54) is 0 Å². The molecule has 0 rings (SSSR count). The summed E-state index contributed by atoms with van der Waals surface area (Å²) in [4.78, 5) is 13.9. The highest BCUT2D eigenvalue weighted by Crippen LogP contribution is 1.93. The molecular formula is C4H9NO4. The maximum atomic E-state index is 10.1. The van der Waals surface area contributed by atoms with E-state index in [4.69, 9.17) is 10.2 Å².